The van der Waals surface area contributed by atoms with Gasteiger partial charge in [0.2, 0.25) is 16.9 Å². The van der Waals surface area contributed by atoms with Gasteiger partial charge >= 0.3 is 0 Å². The molecule has 0 bridgehead atoms. The van der Waals surface area contributed by atoms with Crippen molar-refractivity contribution < 1.29 is 14.3 Å². The SMILES string of the molecule is COCc1nnc(NC(=O)CN2CCC3(CCC(=O)N(C)C3)CC2)s1. The number of nitrogens with zero attached hydrogens (tertiary/aromatic N) is 4. The van der Waals surface area contributed by atoms with Gasteiger partial charge in [-0.3, -0.25) is 19.8 Å². The molecule has 0 saturated carbocycles. The van der Waals surface area contributed by atoms with E-state index in [0.717, 1.165) is 43.9 Å². The molecule has 0 unspecified atom stereocenters. The Hall–Kier alpha value is -1.58. The summed E-state index contributed by atoms with van der Waals surface area (Å²) in [5, 5.41) is 12.0. The second kappa shape index (κ2) is 7.76. The van der Waals surface area contributed by atoms with Crippen molar-refractivity contribution in [1.29, 1.82) is 0 Å². The van der Waals surface area contributed by atoms with E-state index in [1.165, 1.54) is 11.3 Å². The Balaban J connectivity index is 1.45. The van der Waals surface area contributed by atoms with E-state index in [-0.39, 0.29) is 17.2 Å². The average molecular weight is 367 g/mol. The van der Waals surface area contributed by atoms with E-state index in [4.69, 9.17) is 4.74 Å². The zero-order chi connectivity index (χ0) is 17.9. The fourth-order valence-electron chi connectivity index (χ4n) is 3.67. The average Bonchev–Trinajstić information content (AvgIpc) is 3.01. The largest absolute Gasteiger partial charge is 0.377 e. The lowest BCUT2D eigenvalue weighted by molar-refractivity contribution is -0.137. The summed E-state index contributed by atoms with van der Waals surface area (Å²) in [5.41, 5.74) is 0.240. The van der Waals surface area contributed by atoms with Crippen molar-refractivity contribution in [3.8, 4) is 0 Å². The van der Waals surface area contributed by atoms with Gasteiger partial charge in [0, 0.05) is 27.1 Å². The molecule has 138 valence electrons. The molecule has 2 aliphatic heterocycles. The van der Waals surface area contributed by atoms with Gasteiger partial charge in [0.15, 0.2) is 0 Å². The normalized spacial score (nSPS) is 20.9. The summed E-state index contributed by atoms with van der Waals surface area (Å²) in [4.78, 5) is 27.9. The van der Waals surface area contributed by atoms with E-state index in [2.05, 4.69) is 20.4 Å². The molecule has 3 heterocycles. The smallest absolute Gasteiger partial charge is 0.240 e. The van der Waals surface area contributed by atoms with E-state index in [0.29, 0.717) is 24.7 Å². The molecule has 2 fully saturated rings. The molecular weight excluding hydrogens is 342 g/mol. The molecule has 25 heavy (non-hydrogen) atoms. The maximum absolute atomic E-state index is 12.2. The maximum Gasteiger partial charge on any atom is 0.240 e. The molecule has 0 aliphatic carbocycles. The number of hydrogen-bond donors (Lipinski definition) is 1. The highest BCUT2D eigenvalue weighted by molar-refractivity contribution is 7.15. The highest BCUT2D eigenvalue weighted by atomic mass is 32.1. The summed E-state index contributed by atoms with van der Waals surface area (Å²) in [6.45, 7) is 3.39. The van der Waals surface area contributed by atoms with Crippen molar-refractivity contribution in [3.63, 3.8) is 0 Å². The van der Waals surface area contributed by atoms with Crippen LogP contribution in [0.1, 0.15) is 30.7 Å². The number of ether oxygens (including phenoxy) is 1. The highest BCUT2D eigenvalue weighted by Crippen LogP contribution is 2.39. The molecule has 3 rings (SSSR count). The first-order chi connectivity index (χ1) is 12.0. The fourth-order valence-corrected chi connectivity index (χ4v) is 4.40. The number of rotatable bonds is 5. The van der Waals surface area contributed by atoms with E-state index >= 15 is 0 Å². The van der Waals surface area contributed by atoms with E-state index in [1.54, 1.807) is 7.11 Å². The Morgan fingerprint density at radius 1 is 1.32 bits per heavy atom. The van der Waals surface area contributed by atoms with Crippen molar-refractivity contribution in [2.75, 3.05) is 45.7 Å². The summed E-state index contributed by atoms with van der Waals surface area (Å²) in [5.74, 6) is 0.185. The lowest BCUT2D eigenvalue weighted by atomic mass is 9.72. The summed E-state index contributed by atoms with van der Waals surface area (Å²) < 4.78 is 5.00. The van der Waals surface area contributed by atoms with Gasteiger partial charge in [-0.2, -0.15) is 0 Å². The minimum Gasteiger partial charge on any atom is -0.377 e. The lowest BCUT2D eigenvalue weighted by Gasteiger charge is -2.46. The van der Waals surface area contributed by atoms with Crippen LogP contribution in [-0.4, -0.2) is 72.1 Å². The fraction of sp³-hybridized carbons (Fsp3) is 0.750. The van der Waals surface area contributed by atoms with Crippen LogP contribution < -0.4 is 5.32 Å². The number of anilines is 1. The van der Waals surface area contributed by atoms with Crippen LogP contribution in [0.25, 0.3) is 0 Å². The third-order valence-corrected chi connectivity index (χ3v) is 5.94. The van der Waals surface area contributed by atoms with Gasteiger partial charge in [-0.1, -0.05) is 11.3 Å². The van der Waals surface area contributed by atoms with E-state index < -0.39 is 0 Å². The molecule has 1 spiro atoms. The van der Waals surface area contributed by atoms with Crippen molar-refractivity contribution in [1.82, 2.24) is 20.0 Å². The number of carbonyl (C=O) groups excluding carboxylic acids is 2. The number of likely N-dealkylation sites (tertiary alicyclic amines) is 2. The van der Waals surface area contributed by atoms with Crippen LogP contribution in [0.5, 0.6) is 0 Å². The van der Waals surface area contributed by atoms with Crippen LogP contribution in [-0.2, 0) is 20.9 Å². The van der Waals surface area contributed by atoms with Gasteiger partial charge in [-0.05, 0) is 37.8 Å². The predicted molar refractivity (Wildman–Crippen MR) is 94.2 cm³/mol. The standard InChI is InChI=1S/C16H25N5O3S/c1-20-11-16(4-3-14(20)23)5-7-21(8-6-16)9-12(22)17-15-19-18-13(25-15)10-24-2/h3-11H2,1-2H3,(H,17,19,22). The second-order valence-corrected chi connectivity index (χ2v) is 8.07. The van der Waals surface area contributed by atoms with Crippen LogP contribution in [0.2, 0.25) is 0 Å². The molecule has 8 nitrogen and oxygen atoms in total. The minimum absolute atomic E-state index is 0.0630. The van der Waals surface area contributed by atoms with Crippen LogP contribution >= 0.6 is 11.3 Å². The number of nitrogens with one attached hydrogen (secondary N) is 1. The first-order valence-electron chi connectivity index (χ1n) is 8.57. The maximum atomic E-state index is 12.2. The van der Waals surface area contributed by atoms with Crippen molar-refractivity contribution in [2.45, 2.75) is 32.3 Å². The van der Waals surface area contributed by atoms with Crippen LogP contribution in [0.4, 0.5) is 5.13 Å². The number of hydrogen-bond acceptors (Lipinski definition) is 7. The van der Waals surface area contributed by atoms with Gasteiger partial charge in [0.05, 0.1) is 6.54 Å². The molecule has 2 saturated heterocycles. The number of carbonyl (C=O) groups is 2. The number of aromatic nitrogens is 2. The van der Waals surface area contributed by atoms with Crippen molar-refractivity contribution in [2.24, 2.45) is 5.41 Å². The summed E-state index contributed by atoms with van der Waals surface area (Å²) in [6, 6.07) is 0. The van der Waals surface area contributed by atoms with E-state index in [9.17, 15) is 9.59 Å². The lowest BCUT2D eigenvalue weighted by Crippen LogP contribution is -2.51. The zero-order valence-corrected chi connectivity index (χ0v) is 15.6. The zero-order valence-electron chi connectivity index (χ0n) is 14.8. The Bertz CT molecular complexity index is 627. The third kappa shape index (κ3) is 4.53. The monoisotopic (exact) mass is 367 g/mol. The number of amides is 2. The predicted octanol–water partition coefficient (Wildman–Crippen LogP) is 0.957. The highest BCUT2D eigenvalue weighted by Gasteiger charge is 2.39. The Morgan fingerprint density at radius 3 is 2.76 bits per heavy atom. The number of methoxy groups -OCH3 is 1. The molecule has 9 heteroatoms. The topological polar surface area (TPSA) is 87.7 Å². The molecule has 0 atom stereocenters. The minimum atomic E-state index is -0.0630. The van der Waals surface area contributed by atoms with Crippen LogP contribution in [0.15, 0.2) is 0 Å². The Labute approximate surface area is 151 Å². The van der Waals surface area contributed by atoms with Gasteiger partial charge in [-0.15, -0.1) is 10.2 Å². The molecule has 0 aromatic carbocycles. The molecular formula is C16H25N5O3S. The third-order valence-electron chi connectivity index (χ3n) is 5.13. The van der Waals surface area contributed by atoms with Gasteiger partial charge in [-0.25, -0.2) is 0 Å². The first kappa shape index (κ1) is 18.2. The van der Waals surface area contributed by atoms with Crippen LogP contribution in [0, 0.1) is 5.41 Å². The van der Waals surface area contributed by atoms with Gasteiger partial charge < -0.3 is 9.64 Å². The second-order valence-electron chi connectivity index (χ2n) is 7.01. The molecule has 2 aliphatic rings. The van der Waals surface area contributed by atoms with Crippen LogP contribution in [0.3, 0.4) is 0 Å². The molecule has 0 radical (unpaired) electrons. The van der Waals surface area contributed by atoms with Gasteiger partial charge in [0.1, 0.15) is 11.6 Å². The summed E-state index contributed by atoms with van der Waals surface area (Å²) >= 11 is 1.33. The van der Waals surface area contributed by atoms with Crippen molar-refractivity contribution in [3.05, 3.63) is 5.01 Å². The Morgan fingerprint density at radius 2 is 2.08 bits per heavy atom. The molecule has 1 aromatic rings. The molecule has 1 N–H and O–H groups in total. The summed E-state index contributed by atoms with van der Waals surface area (Å²) in [6.07, 6.45) is 3.70. The van der Waals surface area contributed by atoms with Crippen molar-refractivity contribution >= 4 is 28.3 Å². The quantitative estimate of drug-likeness (QED) is 0.834. The number of piperidine rings is 2. The first-order valence-corrected chi connectivity index (χ1v) is 9.39. The molecule has 2 amide bonds. The Kier molecular flexibility index (Phi) is 5.65. The molecule has 1 aromatic heterocycles. The van der Waals surface area contributed by atoms with Gasteiger partial charge in [0.25, 0.3) is 0 Å². The van der Waals surface area contributed by atoms with E-state index in [1.807, 2.05) is 11.9 Å². The summed E-state index contributed by atoms with van der Waals surface area (Å²) in [7, 11) is 3.49.